The highest BCUT2D eigenvalue weighted by molar-refractivity contribution is 6.41. The van der Waals surface area contributed by atoms with Crippen molar-refractivity contribution in [3.63, 3.8) is 0 Å². The summed E-state index contributed by atoms with van der Waals surface area (Å²) >= 11 is 13.4. The van der Waals surface area contributed by atoms with Crippen LogP contribution >= 0.6 is 23.2 Å². The van der Waals surface area contributed by atoms with E-state index in [1.165, 1.54) is 49.3 Å². The molecule has 0 unspecified atom stereocenters. The van der Waals surface area contributed by atoms with Crippen LogP contribution in [-0.2, 0) is 22.6 Å². The number of ketones is 1. The number of nitrogens with zero attached hydrogens (tertiary/aromatic N) is 3. The molecule has 0 aliphatic carbocycles. The van der Waals surface area contributed by atoms with E-state index in [9.17, 15) is 14.4 Å². The number of fused-ring (bicyclic) bond motifs is 1. The maximum atomic E-state index is 15.1. The number of anilines is 3. The van der Waals surface area contributed by atoms with Crippen LogP contribution in [0.5, 0.6) is 11.5 Å². The number of para-hydroxylation sites is 1. The Morgan fingerprint density at radius 1 is 0.979 bits per heavy atom. The van der Waals surface area contributed by atoms with Crippen LogP contribution in [0.15, 0.2) is 90.9 Å². The average Bonchev–Trinajstić information content (AvgIpc) is 3.08. The molecule has 0 fully saturated rings. The van der Waals surface area contributed by atoms with Crippen LogP contribution in [0.3, 0.4) is 0 Å². The molecular formula is C35H28Cl2FN5O5. The summed E-state index contributed by atoms with van der Waals surface area (Å²) in [5.74, 6) is -0.882. The van der Waals surface area contributed by atoms with Gasteiger partial charge < -0.3 is 20.1 Å². The van der Waals surface area contributed by atoms with Crippen molar-refractivity contribution in [2.24, 2.45) is 0 Å². The van der Waals surface area contributed by atoms with Crippen molar-refractivity contribution in [3.05, 3.63) is 123 Å². The average molecular weight is 689 g/mol. The molecule has 13 heteroatoms. The van der Waals surface area contributed by atoms with E-state index in [-0.39, 0.29) is 68.7 Å². The van der Waals surface area contributed by atoms with Gasteiger partial charge in [-0.15, -0.1) is 0 Å². The summed E-state index contributed by atoms with van der Waals surface area (Å²) in [6, 6.07) is 14.4. The lowest BCUT2D eigenvalue weighted by atomic mass is 10.0. The van der Waals surface area contributed by atoms with Gasteiger partial charge in [0.15, 0.2) is 5.78 Å². The summed E-state index contributed by atoms with van der Waals surface area (Å²) in [6.07, 6.45) is 3.89. The number of allylic oxidation sites excluding steroid dienone is 1. The van der Waals surface area contributed by atoms with Crippen LogP contribution in [-0.4, -0.2) is 40.4 Å². The third-order valence-electron chi connectivity index (χ3n) is 7.34. The lowest BCUT2D eigenvalue weighted by Gasteiger charge is -2.18. The number of halogens is 3. The van der Waals surface area contributed by atoms with Gasteiger partial charge in [0.1, 0.15) is 23.0 Å². The fourth-order valence-electron chi connectivity index (χ4n) is 4.97. The molecule has 10 nitrogen and oxygen atoms in total. The second-order valence-electron chi connectivity index (χ2n) is 10.3. The second-order valence-corrected chi connectivity index (χ2v) is 11.1. The summed E-state index contributed by atoms with van der Waals surface area (Å²) < 4.78 is 27.2. The number of carbonyl (C=O) groups is 2. The Morgan fingerprint density at radius 2 is 1.69 bits per heavy atom. The molecule has 244 valence electrons. The van der Waals surface area contributed by atoms with Crippen molar-refractivity contribution < 1.29 is 23.5 Å². The minimum Gasteiger partial charge on any atom is -0.495 e. The molecule has 5 aromatic rings. The Balaban J connectivity index is 1.70. The SMILES string of the molecule is C=CC(=O)Cc1ccccc1Nc1ncc2cc(-c3c(Cl)c(OC)cc(OC)c3Cl)c(=O)n(Cc3ccc(NC(=O)C=C)c(F)c3)c2n1. The van der Waals surface area contributed by atoms with E-state index in [4.69, 9.17) is 32.7 Å². The van der Waals surface area contributed by atoms with Gasteiger partial charge in [0.25, 0.3) is 5.56 Å². The topological polar surface area (TPSA) is 124 Å². The molecule has 0 saturated carbocycles. The number of pyridine rings is 1. The molecular weight excluding hydrogens is 660 g/mol. The van der Waals surface area contributed by atoms with Crippen molar-refractivity contribution in [2.75, 3.05) is 24.9 Å². The number of amides is 1. The quantitative estimate of drug-likeness (QED) is 0.133. The third-order valence-corrected chi connectivity index (χ3v) is 8.09. The number of aromatic nitrogens is 3. The van der Waals surface area contributed by atoms with Gasteiger partial charge in [0.2, 0.25) is 11.9 Å². The number of nitrogens with one attached hydrogen (secondary N) is 2. The summed E-state index contributed by atoms with van der Waals surface area (Å²) in [7, 11) is 2.83. The maximum absolute atomic E-state index is 15.1. The molecule has 0 atom stereocenters. The standard InChI is InChI=1S/C35H28Cl2FN5O5/c1-5-22(44)14-20-9-7-8-10-25(20)41-35-39-17-21-15-23(30-31(36)27(47-3)16-28(48-4)32(30)37)34(46)43(33(21)42-35)18-19-11-12-26(24(38)13-19)40-29(45)6-2/h5-13,15-17H,1-2,14,18H2,3-4H3,(H,40,45)(H,39,41,42). The van der Waals surface area contributed by atoms with Crippen LogP contribution in [0, 0.1) is 5.82 Å². The van der Waals surface area contributed by atoms with Crippen LogP contribution in [0.2, 0.25) is 10.0 Å². The van der Waals surface area contributed by atoms with Gasteiger partial charge in [-0.05, 0) is 47.5 Å². The molecule has 0 aliphatic rings. The Labute approximate surface area is 284 Å². The Morgan fingerprint density at radius 3 is 2.33 bits per heavy atom. The number of benzene rings is 3. The fourth-order valence-corrected chi connectivity index (χ4v) is 5.67. The molecule has 0 saturated heterocycles. The highest BCUT2D eigenvalue weighted by atomic mass is 35.5. The van der Waals surface area contributed by atoms with Crippen molar-refractivity contribution in [1.29, 1.82) is 0 Å². The lowest BCUT2D eigenvalue weighted by Crippen LogP contribution is -2.24. The summed E-state index contributed by atoms with van der Waals surface area (Å²) in [4.78, 5) is 47.4. The van der Waals surface area contributed by atoms with Crippen molar-refractivity contribution in [3.8, 4) is 22.6 Å². The number of carbonyl (C=O) groups excluding carboxylic acids is 2. The lowest BCUT2D eigenvalue weighted by molar-refractivity contribution is -0.114. The Kier molecular flexibility index (Phi) is 10.2. The summed E-state index contributed by atoms with van der Waals surface area (Å²) in [5.41, 5.74) is 1.48. The first kappa shape index (κ1) is 33.8. The minimum absolute atomic E-state index is 0.0564. The molecule has 2 heterocycles. The van der Waals surface area contributed by atoms with E-state index < -0.39 is 17.3 Å². The first-order valence-corrected chi connectivity index (χ1v) is 15.1. The van der Waals surface area contributed by atoms with Crippen molar-refractivity contribution in [1.82, 2.24) is 14.5 Å². The monoisotopic (exact) mass is 687 g/mol. The van der Waals surface area contributed by atoms with Gasteiger partial charge in [-0.2, -0.15) is 4.98 Å². The molecule has 0 aliphatic heterocycles. The van der Waals surface area contributed by atoms with E-state index in [1.807, 2.05) is 0 Å². The normalized spacial score (nSPS) is 10.8. The van der Waals surface area contributed by atoms with Gasteiger partial charge in [0.05, 0.1) is 42.1 Å². The molecule has 2 N–H and O–H groups in total. The van der Waals surface area contributed by atoms with Gasteiger partial charge in [0, 0.05) is 35.3 Å². The largest absolute Gasteiger partial charge is 0.495 e. The Hall–Kier alpha value is -5.52. The first-order chi connectivity index (χ1) is 23.1. The predicted octanol–water partition coefficient (Wildman–Crippen LogP) is 7.14. The maximum Gasteiger partial charge on any atom is 0.260 e. The summed E-state index contributed by atoms with van der Waals surface area (Å²) in [6.45, 7) is 6.77. The zero-order valence-corrected chi connectivity index (χ0v) is 27.3. The van der Waals surface area contributed by atoms with Crippen molar-refractivity contribution in [2.45, 2.75) is 13.0 Å². The smallest absolute Gasteiger partial charge is 0.260 e. The van der Waals surface area contributed by atoms with Crippen LogP contribution < -0.4 is 25.7 Å². The van der Waals surface area contributed by atoms with Crippen molar-refractivity contribution >= 4 is 63.2 Å². The number of hydrogen-bond donors (Lipinski definition) is 2. The van der Waals surface area contributed by atoms with Crippen LogP contribution in [0.1, 0.15) is 11.1 Å². The van der Waals surface area contributed by atoms with E-state index in [1.54, 1.807) is 36.4 Å². The van der Waals surface area contributed by atoms with Crippen LogP contribution in [0.4, 0.5) is 21.7 Å². The second kappa shape index (κ2) is 14.5. The molecule has 0 spiro atoms. The van der Waals surface area contributed by atoms with E-state index >= 15 is 4.39 Å². The molecule has 2 aromatic heterocycles. The molecule has 0 bridgehead atoms. The zero-order chi connectivity index (χ0) is 34.5. The number of rotatable bonds is 12. The highest BCUT2D eigenvalue weighted by Crippen LogP contribution is 2.45. The minimum atomic E-state index is -0.720. The zero-order valence-electron chi connectivity index (χ0n) is 25.8. The Bertz CT molecular complexity index is 2140. The van der Waals surface area contributed by atoms with Gasteiger partial charge in [-0.25, -0.2) is 9.37 Å². The highest BCUT2D eigenvalue weighted by Gasteiger charge is 2.24. The molecule has 1 amide bonds. The molecule has 48 heavy (non-hydrogen) atoms. The van der Waals surface area contributed by atoms with E-state index in [0.717, 1.165) is 6.08 Å². The predicted molar refractivity (Wildman–Crippen MR) is 185 cm³/mol. The van der Waals surface area contributed by atoms with Crippen LogP contribution in [0.25, 0.3) is 22.2 Å². The van der Waals surface area contributed by atoms with E-state index in [2.05, 4.69) is 33.8 Å². The van der Waals surface area contributed by atoms with Gasteiger partial charge in [-0.3, -0.25) is 19.0 Å². The third kappa shape index (κ3) is 6.92. The number of ether oxygens (including phenoxy) is 2. The van der Waals surface area contributed by atoms with E-state index in [0.29, 0.717) is 22.2 Å². The molecule has 3 aromatic carbocycles. The fraction of sp³-hybridized carbons (Fsp3) is 0.114. The van der Waals surface area contributed by atoms with Gasteiger partial charge in [-0.1, -0.05) is 60.6 Å². The summed E-state index contributed by atoms with van der Waals surface area (Å²) in [5, 5.41) is 6.10. The number of hydrogen-bond acceptors (Lipinski definition) is 8. The molecule has 5 rings (SSSR count). The van der Waals surface area contributed by atoms with Gasteiger partial charge >= 0.3 is 0 Å². The first-order valence-electron chi connectivity index (χ1n) is 14.3. The molecule has 0 radical (unpaired) electrons. The number of methoxy groups -OCH3 is 2.